The van der Waals surface area contributed by atoms with E-state index in [-0.39, 0.29) is 0 Å². The molecule has 16 heavy (non-hydrogen) atoms. The third-order valence-corrected chi connectivity index (χ3v) is 4.02. The summed E-state index contributed by atoms with van der Waals surface area (Å²) in [6, 6.07) is 6.97. The molecule has 0 radical (unpaired) electrons. The average molecular weight is 217 g/mol. The van der Waals surface area contributed by atoms with Crippen molar-refractivity contribution in [3.8, 4) is 5.75 Å². The number of nitrogens with one attached hydrogen (secondary N) is 1. The van der Waals surface area contributed by atoms with Gasteiger partial charge in [-0.1, -0.05) is 25.0 Å². The van der Waals surface area contributed by atoms with Crippen molar-refractivity contribution in [3.63, 3.8) is 0 Å². The first-order chi connectivity index (χ1) is 7.84. The van der Waals surface area contributed by atoms with E-state index in [1.165, 1.54) is 31.2 Å². The van der Waals surface area contributed by atoms with Gasteiger partial charge >= 0.3 is 0 Å². The number of aromatic hydroxyl groups is 1. The molecule has 2 nitrogen and oxygen atoms in total. The Hall–Kier alpha value is -1.02. The van der Waals surface area contributed by atoms with E-state index in [1.807, 2.05) is 12.1 Å². The Morgan fingerprint density at radius 2 is 1.94 bits per heavy atom. The van der Waals surface area contributed by atoms with E-state index in [0.29, 0.717) is 17.8 Å². The molecule has 0 bridgehead atoms. The Balaban J connectivity index is 1.79. The quantitative estimate of drug-likeness (QED) is 0.798. The predicted octanol–water partition coefficient (Wildman–Crippen LogP) is 2.91. The van der Waals surface area contributed by atoms with E-state index < -0.39 is 0 Å². The molecule has 1 aromatic carbocycles. The first-order valence-corrected chi connectivity index (χ1v) is 6.41. The van der Waals surface area contributed by atoms with Crippen LogP contribution in [0.1, 0.15) is 49.3 Å². The van der Waals surface area contributed by atoms with Gasteiger partial charge in [-0.05, 0) is 37.3 Å². The van der Waals surface area contributed by atoms with Crippen LogP contribution in [0.3, 0.4) is 0 Å². The molecule has 2 aliphatic rings. The van der Waals surface area contributed by atoms with Crippen LogP contribution in [0.4, 0.5) is 0 Å². The summed E-state index contributed by atoms with van der Waals surface area (Å²) in [7, 11) is 0. The van der Waals surface area contributed by atoms with Gasteiger partial charge in [0, 0.05) is 17.6 Å². The second-order valence-corrected chi connectivity index (χ2v) is 5.09. The summed E-state index contributed by atoms with van der Waals surface area (Å²) in [5.74, 6) is 0.477. The highest BCUT2D eigenvalue weighted by atomic mass is 16.3. The van der Waals surface area contributed by atoms with Gasteiger partial charge < -0.3 is 10.4 Å². The Kier molecular flexibility index (Phi) is 2.60. The van der Waals surface area contributed by atoms with Crippen LogP contribution in [0.25, 0.3) is 0 Å². The van der Waals surface area contributed by atoms with E-state index in [2.05, 4.69) is 11.4 Å². The van der Waals surface area contributed by atoms with Crippen LogP contribution in [0.2, 0.25) is 0 Å². The molecule has 0 aromatic heterocycles. The highest BCUT2D eigenvalue weighted by Gasteiger charge is 2.28. The zero-order valence-electron chi connectivity index (χ0n) is 9.58. The monoisotopic (exact) mass is 217 g/mol. The molecule has 2 heteroatoms. The first-order valence-electron chi connectivity index (χ1n) is 6.41. The minimum Gasteiger partial charge on any atom is -0.508 e. The molecule has 1 aromatic rings. The third kappa shape index (κ3) is 1.71. The molecule has 0 aliphatic heterocycles. The number of rotatable bonds is 2. The fraction of sp³-hybridized carbons (Fsp3) is 0.571. The smallest absolute Gasteiger partial charge is 0.120 e. The van der Waals surface area contributed by atoms with Gasteiger partial charge in [0.2, 0.25) is 0 Å². The molecule has 1 atom stereocenters. The van der Waals surface area contributed by atoms with E-state index in [4.69, 9.17) is 0 Å². The lowest BCUT2D eigenvalue weighted by molar-refractivity contribution is 0.414. The lowest BCUT2D eigenvalue weighted by Crippen LogP contribution is -2.29. The van der Waals surface area contributed by atoms with Crippen molar-refractivity contribution < 1.29 is 5.11 Å². The van der Waals surface area contributed by atoms with Gasteiger partial charge in [-0.2, -0.15) is 0 Å². The standard InChI is InChI=1S/C14H19NO/c16-13-7-3-4-10-8-9-12(14(10)13)15-11-5-1-2-6-11/h3-4,7,11-12,15-16H,1-2,5-6,8-9H2. The Morgan fingerprint density at radius 1 is 1.12 bits per heavy atom. The van der Waals surface area contributed by atoms with E-state index in [9.17, 15) is 5.11 Å². The zero-order chi connectivity index (χ0) is 11.0. The zero-order valence-corrected chi connectivity index (χ0v) is 9.58. The lowest BCUT2D eigenvalue weighted by atomic mass is 10.1. The highest BCUT2D eigenvalue weighted by Crippen LogP contribution is 2.38. The molecule has 1 saturated carbocycles. The van der Waals surface area contributed by atoms with E-state index in [1.54, 1.807) is 0 Å². The summed E-state index contributed by atoms with van der Waals surface area (Å²) in [5.41, 5.74) is 2.49. The molecule has 2 N–H and O–H groups in total. The van der Waals surface area contributed by atoms with Gasteiger partial charge in [0.1, 0.15) is 5.75 Å². The molecule has 86 valence electrons. The molecule has 2 aliphatic carbocycles. The lowest BCUT2D eigenvalue weighted by Gasteiger charge is -2.20. The summed E-state index contributed by atoms with van der Waals surface area (Å²) in [6.45, 7) is 0. The second kappa shape index (κ2) is 4.10. The molecule has 1 unspecified atom stereocenters. The second-order valence-electron chi connectivity index (χ2n) is 5.09. The number of fused-ring (bicyclic) bond motifs is 1. The topological polar surface area (TPSA) is 32.3 Å². The van der Waals surface area contributed by atoms with Gasteiger partial charge in [-0.25, -0.2) is 0 Å². The van der Waals surface area contributed by atoms with Gasteiger partial charge in [0.05, 0.1) is 0 Å². The van der Waals surface area contributed by atoms with Crippen molar-refractivity contribution in [2.24, 2.45) is 0 Å². The van der Waals surface area contributed by atoms with Crippen LogP contribution in [0.5, 0.6) is 5.75 Å². The third-order valence-electron chi connectivity index (χ3n) is 4.02. The molecule has 3 rings (SSSR count). The highest BCUT2D eigenvalue weighted by molar-refractivity contribution is 5.44. The van der Waals surface area contributed by atoms with E-state index >= 15 is 0 Å². The summed E-state index contributed by atoms with van der Waals surface area (Å²) >= 11 is 0. The molecular formula is C14H19NO. The Bertz CT molecular complexity index is 382. The fourth-order valence-electron chi connectivity index (χ4n) is 3.21. The summed E-state index contributed by atoms with van der Waals surface area (Å²) in [4.78, 5) is 0. The van der Waals surface area contributed by atoms with Crippen molar-refractivity contribution >= 4 is 0 Å². The van der Waals surface area contributed by atoms with Crippen LogP contribution >= 0.6 is 0 Å². The minimum atomic E-state index is 0.388. The maximum Gasteiger partial charge on any atom is 0.120 e. The number of aryl methyl sites for hydroxylation is 1. The fourth-order valence-corrected chi connectivity index (χ4v) is 3.21. The van der Waals surface area contributed by atoms with Crippen LogP contribution in [0.15, 0.2) is 18.2 Å². The Morgan fingerprint density at radius 3 is 2.75 bits per heavy atom. The SMILES string of the molecule is Oc1cccc2c1C(NC1CCCC1)CC2. The van der Waals surface area contributed by atoms with Gasteiger partial charge in [-0.15, -0.1) is 0 Å². The average Bonchev–Trinajstić information content (AvgIpc) is 2.90. The number of benzene rings is 1. The van der Waals surface area contributed by atoms with Crippen LogP contribution < -0.4 is 5.32 Å². The van der Waals surface area contributed by atoms with Crippen LogP contribution in [-0.2, 0) is 6.42 Å². The maximum atomic E-state index is 9.94. The van der Waals surface area contributed by atoms with Gasteiger partial charge in [0.15, 0.2) is 0 Å². The number of hydrogen-bond acceptors (Lipinski definition) is 2. The van der Waals surface area contributed by atoms with E-state index in [0.717, 1.165) is 18.4 Å². The summed E-state index contributed by atoms with van der Waals surface area (Å²) in [5, 5.41) is 13.7. The maximum absolute atomic E-state index is 9.94. The van der Waals surface area contributed by atoms with Crippen molar-refractivity contribution in [3.05, 3.63) is 29.3 Å². The Labute approximate surface area is 96.7 Å². The number of phenolic OH excluding ortho intramolecular Hbond substituents is 1. The summed E-state index contributed by atoms with van der Waals surface area (Å²) in [6.07, 6.45) is 7.58. The molecular weight excluding hydrogens is 198 g/mol. The largest absolute Gasteiger partial charge is 0.508 e. The molecule has 1 fully saturated rings. The molecule has 0 heterocycles. The van der Waals surface area contributed by atoms with Crippen molar-refractivity contribution in [2.75, 3.05) is 0 Å². The van der Waals surface area contributed by atoms with Crippen molar-refractivity contribution in [1.82, 2.24) is 5.32 Å². The number of phenols is 1. The van der Waals surface area contributed by atoms with Gasteiger partial charge in [0.25, 0.3) is 0 Å². The normalized spacial score (nSPS) is 24.9. The minimum absolute atomic E-state index is 0.388. The molecule has 0 amide bonds. The molecule has 0 saturated heterocycles. The van der Waals surface area contributed by atoms with Crippen LogP contribution in [0, 0.1) is 0 Å². The predicted molar refractivity (Wildman–Crippen MR) is 64.6 cm³/mol. The van der Waals surface area contributed by atoms with Crippen molar-refractivity contribution in [1.29, 1.82) is 0 Å². The van der Waals surface area contributed by atoms with Crippen LogP contribution in [-0.4, -0.2) is 11.1 Å². The van der Waals surface area contributed by atoms with Crippen molar-refractivity contribution in [2.45, 2.75) is 50.6 Å². The molecule has 0 spiro atoms. The van der Waals surface area contributed by atoms with Gasteiger partial charge in [-0.3, -0.25) is 0 Å². The first kappa shape index (κ1) is 10.2. The summed E-state index contributed by atoms with van der Waals surface area (Å²) < 4.78 is 0. The number of hydrogen-bond donors (Lipinski definition) is 2.